The first-order valence-corrected chi connectivity index (χ1v) is 7.13. The van der Waals surface area contributed by atoms with Gasteiger partial charge in [-0.1, -0.05) is 13.0 Å². The molecule has 2 rings (SSSR count). The van der Waals surface area contributed by atoms with Gasteiger partial charge >= 0.3 is 0 Å². The number of hydrogen-bond donors (Lipinski definition) is 2. The predicted molar refractivity (Wildman–Crippen MR) is 81.5 cm³/mol. The number of rotatable bonds is 6. The van der Waals surface area contributed by atoms with Gasteiger partial charge in [-0.3, -0.25) is 4.79 Å². The highest BCUT2D eigenvalue weighted by molar-refractivity contribution is 5.91. The molecule has 0 aliphatic carbocycles. The predicted octanol–water partition coefficient (Wildman–Crippen LogP) is 1.69. The van der Waals surface area contributed by atoms with Gasteiger partial charge in [-0.15, -0.1) is 0 Å². The molecule has 0 aliphatic rings. The average Bonchev–Trinajstić information content (AvgIpc) is 3.01. The summed E-state index contributed by atoms with van der Waals surface area (Å²) in [7, 11) is 1.59. The van der Waals surface area contributed by atoms with Gasteiger partial charge in [0.1, 0.15) is 0 Å². The zero-order chi connectivity index (χ0) is 15.2. The lowest BCUT2D eigenvalue weighted by atomic mass is 10.1. The van der Waals surface area contributed by atoms with E-state index in [0.717, 1.165) is 24.3 Å². The molecule has 21 heavy (non-hydrogen) atoms. The molecule has 2 heterocycles. The molecule has 2 aromatic heterocycles. The maximum atomic E-state index is 11.6. The number of carbonyl (C=O) groups is 1. The van der Waals surface area contributed by atoms with E-state index in [9.17, 15) is 4.79 Å². The lowest BCUT2D eigenvalue weighted by Crippen LogP contribution is -2.22. The molecule has 6 nitrogen and oxygen atoms in total. The molecule has 0 saturated heterocycles. The van der Waals surface area contributed by atoms with Crippen molar-refractivity contribution in [2.45, 2.75) is 26.3 Å². The Labute approximate surface area is 124 Å². The van der Waals surface area contributed by atoms with E-state index in [1.807, 2.05) is 12.1 Å². The van der Waals surface area contributed by atoms with Crippen LogP contribution in [-0.2, 0) is 0 Å². The summed E-state index contributed by atoms with van der Waals surface area (Å²) >= 11 is 0. The summed E-state index contributed by atoms with van der Waals surface area (Å²) in [5, 5.41) is 10.3. The van der Waals surface area contributed by atoms with Crippen molar-refractivity contribution in [3.05, 3.63) is 41.9 Å². The second kappa shape index (κ2) is 6.99. The number of nitrogens with zero attached hydrogens (tertiary/aromatic N) is 3. The second-order valence-electron chi connectivity index (χ2n) is 4.82. The van der Waals surface area contributed by atoms with Gasteiger partial charge in [0.05, 0.1) is 0 Å². The topological polar surface area (TPSA) is 71.8 Å². The van der Waals surface area contributed by atoms with Gasteiger partial charge in [-0.25, -0.2) is 9.67 Å². The van der Waals surface area contributed by atoms with Crippen molar-refractivity contribution in [3.8, 4) is 5.82 Å². The molecular weight excluding hydrogens is 266 g/mol. The molecule has 0 spiro atoms. The van der Waals surface area contributed by atoms with Crippen molar-refractivity contribution in [2.75, 3.05) is 13.6 Å². The number of aromatic nitrogens is 3. The fourth-order valence-corrected chi connectivity index (χ4v) is 2.10. The normalized spacial score (nSPS) is 12.1. The molecule has 1 unspecified atom stereocenters. The maximum absolute atomic E-state index is 11.6. The fourth-order valence-electron chi connectivity index (χ4n) is 2.10. The van der Waals surface area contributed by atoms with E-state index in [2.05, 4.69) is 34.6 Å². The van der Waals surface area contributed by atoms with Gasteiger partial charge < -0.3 is 10.6 Å². The van der Waals surface area contributed by atoms with Gasteiger partial charge in [0, 0.05) is 31.0 Å². The molecule has 2 N–H and O–H groups in total. The maximum Gasteiger partial charge on any atom is 0.271 e. The van der Waals surface area contributed by atoms with Crippen LogP contribution in [0.2, 0.25) is 0 Å². The zero-order valence-electron chi connectivity index (χ0n) is 12.6. The Kier molecular flexibility index (Phi) is 5.05. The summed E-state index contributed by atoms with van der Waals surface area (Å²) < 4.78 is 1.64. The third-order valence-corrected chi connectivity index (χ3v) is 3.25. The summed E-state index contributed by atoms with van der Waals surface area (Å²) in [6.45, 7) is 5.17. The summed E-state index contributed by atoms with van der Waals surface area (Å²) in [6, 6.07) is 5.78. The lowest BCUT2D eigenvalue weighted by Gasteiger charge is -2.16. The van der Waals surface area contributed by atoms with Gasteiger partial charge in [0.15, 0.2) is 11.5 Å². The van der Waals surface area contributed by atoms with E-state index in [0.29, 0.717) is 5.69 Å². The summed E-state index contributed by atoms with van der Waals surface area (Å²) in [5.41, 5.74) is 1.43. The summed E-state index contributed by atoms with van der Waals surface area (Å²) in [5.74, 6) is 0.534. The monoisotopic (exact) mass is 287 g/mol. The van der Waals surface area contributed by atoms with Gasteiger partial charge in [0.25, 0.3) is 5.91 Å². The van der Waals surface area contributed by atoms with Gasteiger partial charge in [0.2, 0.25) is 0 Å². The van der Waals surface area contributed by atoms with E-state index < -0.39 is 0 Å². The summed E-state index contributed by atoms with van der Waals surface area (Å²) in [4.78, 5) is 16.0. The first-order valence-electron chi connectivity index (χ1n) is 7.13. The number of amides is 1. The van der Waals surface area contributed by atoms with Gasteiger partial charge in [-0.05, 0) is 32.0 Å². The smallest absolute Gasteiger partial charge is 0.271 e. The molecule has 0 fully saturated rings. The van der Waals surface area contributed by atoms with E-state index in [4.69, 9.17) is 0 Å². The minimum atomic E-state index is -0.205. The van der Waals surface area contributed by atoms with Crippen LogP contribution < -0.4 is 10.6 Å². The van der Waals surface area contributed by atoms with Crippen LogP contribution in [0.4, 0.5) is 0 Å². The Balaban J connectivity index is 2.31. The average molecular weight is 287 g/mol. The molecule has 112 valence electrons. The molecule has 0 bridgehead atoms. The van der Waals surface area contributed by atoms with Crippen LogP contribution in [0.5, 0.6) is 0 Å². The van der Waals surface area contributed by atoms with Crippen molar-refractivity contribution in [1.29, 1.82) is 0 Å². The quantitative estimate of drug-likeness (QED) is 0.848. The van der Waals surface area contributed by atoms with Crippen molar-refractivity contribution in [3.63, 3.8) is 0 Å². The molecule has 0 aliphatic heterocycles. The highest BCUT2D eigenvalue weighted by Crippen LogP contribution is 2.19. The van der Waals surface area contributed by atoms with E-state index in [-0.39, 0.29) is 11.9 Å². The largest absolute Gasteiger partial charge is 0.354 e. The van der Waals surface area contributed by atoms with Crippen molar-refractivity contribution < 1.29 is 4.79 Å². The summed E-state index contributed by atoms with van der Waals surface area (Å²) in [6.07, 6.45) is 4.55. The molecular formula is C15H21N5O. The van der Waals surface area contributed by atoms with E-state index in [1.54, 1.807) is 30.2 Å². The molecule has 0 radical (unpaired) electrons. The van der Waals surface area contributed by atoms with Crippen LogP contribution in [0.1, 0.15) is 42.4 Å². The van der Waals surface area contributed by atoms with Crippen LogP contribution in [-0.4, -0.2) is 34.3 Å². The number of hydrogen-bond acceptors (Lipinski definition) is 4. The third kappa shape index (κ3) is 3.46. The van der Waals surface area contributed by atoms with Crippen LogP contribution in [0.15, 0.2) is 30.6 Å². The van der Waals surface area contributed by atoms with E-state index in [1.165, 1.54) is 0 Å². The standard InChI is InChI=1S/C15H21N5O/c1-4-8-17-11(2)12-6-5-9-18-14(12)20-10-7-13(19-20)15(21)16-3/h5-7,9-11,17H,4,8H2,1-3H3,(H,16,21). The van der Waals surface area contributed by atoms with Crippen molar-refractivity contribution in [2.24, 2.45) is 0 Å². The van der Waals surface area contributed by atoms with Crippen LogP contribution >= 0.6 is 0 Å². The zero-order valence-corrected chi connectivity index (χ0v) is 12.6. The molecule has 0 saturated carbocycles. The number of carbonyl (C=O) groups excluding carboxylic acids is 1. The second-order valence-corrected chi connectivity index (χ2v) is 4.82. The number of pyridine rings is 1. The van der Waals surface area contributed by atoms with Crippen LogP contribution in [0.25, 0.3) is 5.82 Å². The van der Waals surface area contributed by atoms with Crippen molar-refractivity contribution in [1.82, 2.24) is 25.4 Å². The number of nitrogens with one attached hydrogen (secondary N) is 2. The minimum absolute atomic E-state index is 0.168. The molecule has 2 aromatic rings. The third-order valence-electron chi connectivity index (χ3n) is 3.25. The van der Waals surface area contributed by atoms with Crippen molar-refractivity contribution >= 4 is 5.91 Å². The molecule has 1 atom stereocenters. The van der Waals surface area contributed by atoms with E-state index >= 15 is 0 Å². The molecule has 0 aromatic carbocycles. The Bertz CT molecular complexity index is 608. The molecule has 6 heteroatoms. The van der Waals surface area contributed by atoms with Gasteiger partial charge in [-0.2, -0.15) is 5.10 Å². The Hall–Kier alpha value is -2.21. The van der Waals surface area contributed by atoms with Crippen LogP contribution in [0, 0.1) is 0 Å². The Morgan fingerprint density at radius 2 is 2.24 bits per heavy atom. The Morgan fingerprint density at radius 3 is 2.95 bits per heavy atom. The SMILES string of the molecule is CCCNC(C)c1cccnc1-n1ccc(C(=O)NC)n1. The lowest BCUT2D eigenvalue weighted by molar-refractivity contribution is 0.0957. The highest BCUT2D eigenvalue weighted by Gasteiger charge is 2.14. The highest BCUT2D eigenvalue weighted by atomic mass is 16.1. The minimum Gasteiger partial charge on any atom is -0.354 e. The Morgan fingerprint density at radius 1 is 1.43 bits per heavy atom. The first-order chi connectivity index (χ1) is 10.2. The first kappa shape index (κ1) is 15.2. The fraction of sp³-hybridized carbons (Fsp3) is 0.400. The molecule has 1 amide bonds. The van der Waals surface area contributed by atoms with Crippen LogP contribution in [0.3, 0.4) is 0 Å².